The van der Waals surface area contributed by atoms with Crippen molar-refractivity contribution in [3.05, 3.63) is 42.0 Å². The summed E-state index contributed by atoms with van der Waals surface area (Å²) in [5.41, 5.74) is 7.12. The molecule has 3 rings (SSSR count). The Labute approximate surface area is 145 Å². The predicted octanol–water partition coefficient (Wildman–Crippen LogP) is 3.83. The van der Waals surface area contributed by atoms with Crippen LogP contribution >= 0.6 is 12.4 Å². The first-order chi connectivity index (χ1) is 10.8. The summed E-state index contributed by atoms with van der Waals surface area (Å²) < 4.78 is 5.49. The van der Waals surface area contributed by atoms with E-state index in [0.29, 0.717) is 0 Å². The molecule has 0 spiro atoms. The highest BCUT2D eigenvalue weighted by atomic mass is 35.5. The molecule has 1 fully saturated rings. The second-order valence-corrected chi connectivity index (χ2v) is 6.29. The first kappa shape index (κ1) is 18.1. The maximum absolute atomic E-state index is 5.73. The summed E-state index contributed by atoms with van der Waals surface area (Å²) in [5, 5.41) is 2.51. The summed E-state index contributed by atoms with van der Waals surface area (Å²) in [5.74, 6) is 1.72. The van der Waals surface area contributed by atoms with Crippen LogP contribution in [0.15, 0.2) is 36.4 Å². The molecule has 0 aromatic heterocycles. The molecular weight excluding hydrogens is 308 g/mol. The van der Waals surface area contributed by atoms with E-state index in [-0.39, 0.29) is 12.4 Å². The van der Waals surface area contributed by atoms with E-state index in [1.165, 1.54) is 42.3 Å². The van der Waals surface area contributed by atoms with E-state index >= 15 is 0 Å². The van der Waals surface area contributed by atoms with Crippen LogP contribution in [-0.2, 0) is 6.54 Å². The minimum absolute atomic E-state index is 0. The van der Waals surface area contributed by atoms with Crippen molar-refractivity contribution in [2.75, 3.05) is 26.7 Å². The lowest BCUT2D eigenvalue weighted by Gasteiger charge is -2.33. The number of benzene rings is 2. The molecule has 2 aromatic carbocycles. The fraction of sp³-hybridized carbons (Fsp3) is 0.474. The van der Waals surface area contributed by atoms with Gasteiger partial charge in [-0.05, 0) is 55.3 Å². The Kier molecular flexibility index (Phi) is 6.70. The van der Waals surface area contributed by atoms with E-state index in [1.807, 2.05) is 0 Å². The van der Waals surface area contributed by atoms with Gasteiger partial charge < -0.3 is 10.5 Å². The molecule has 1 aliphatic rings. The van der Waals surface area contributed by atoms with Gasteiger partial charge in [-0.2, -0.15) is 0 Å². The zero-order valence-electron chi connectivity index (χ0n) is 13.8. The molecule has 0 aliphatic carbocycles. The smallest absolute Gasteiger partial charge is 0.126 e. The first-order valence-corrected chi connectivity index (χ1v) is 8.29. The lowest BCUT2D eigenvalue weighted by molar-refractivity contribution is 0.163. The van der Waals surface area contributed by atoms with Crippen molar-refractivity contribution in [3.8, 4) is 5.75 Å². The fourth-order valence-corrected chi connectivity index (χ4v) is 3.66. The standard InChI is InChI=1S/C19H26N2O.ClH/c1-22-19-9-8-16(17-6-2-3-7-18(17)19)14-21-12-4-5-15(13-21)10-11-20;/h2-3,6-9,15H,4-5,10-14,20H2,1H3;1H. The van der Waals surface area contributed by atoms with Gasteiger partial charge in [0.1, 0.15) is 5.75 Å². The summed E-state index contributed by atoms with van der Waals surface area (Å²) >= 11 is 0. The number of fused-ring (bicyclic) bond motifs is 1. The summed E-state index contributed by atoms with van der Waals surface area (Å²) in [4.78, 5) is 2.58. The monoisotopic (exact) mass is 334 g/mol. The van der Waals surface area contributed by atoms with E-state index in [9.17, 15) is 0 Å². The largest absolute Gasteiger partial charge is 0.496 e. The number of methoxy groups -OCH3 is 1. The SMILES string of the molecule is COc1ccc(CN2CCCC(CCN)C2)c2ccccc12.Cl. The Morgan fingerprint density at radius 3 is 2.70 bits per heavy atom. The summed E-state index contributed by atoms with van der Waals surface area (Å²) in [7, 11) is 1.74. The van der Waals surface area contributed by atoms with Crippen molar-refractivity contribution in [1.82, 2.24) is 4.90 Å². The molecule has 0 amide bonds. The Balaban J connectivity index is 0.00000192. The lowest BCUT2D eigenvalue weighted by atomic mass is 9.94. The minimum atomic E-state index is 0. The average molecular weight is 335 g/mol. The van der Waals surface area contributed by atoms with Crippen LogP contribution in [0.1, 0.15) is 24.8 Å². The van der Waals surface area contributed by atoms with Crippen LogP contribution in [0.3, 0.4) is 0 Å². The molecule has 2 aromatic rings. The maximum Gasteiger partial charge on any atom is 0.126 e. The minimum Gasteiger partial charge on any atom is -0.496 e. The molecule has 4 heteroatoms. The Morgan fingerprint density at radius 2 is 1.96 bits per heavy atom. The number of rotatable bonds is 5. The quantitative estimate of drug-likeness (QED) is 0.903. The fourth-order valence-electron chi connectivity index (χ4n) is 3.66. The molecule has 1 heterocycles. The molecule has 2 N–H and O–H groups in total. The van der Waals surface area contributed by atoms with Crippen LogP contribution in [0.5, 0.6) is 5.75 Å². The Morgan fingerprint density at radius 1 is 1.17 bits per heavy atom. The number of nitrogens with two attached hydrogens (primary N) is 1. The van der Waals surface area contributed by atoms with Crippen molar-refractivity contribution >= 4 is 23.2 Å². The second-order valence-electron chi connectivity index (χ2n) is 6.29. The van der Waals surface area contributed by atoms with E-state index in [2.05, 4.69) is 41.3 Å². The number of ether oxygens (including phenoxy) is 1. The van der Waals surface area contributed by atoms with Gasteiger partial charge in [0.15, 0.2) is 0 Å². The van der Waals surface area contributed by atoms with Crippen molar-refractivity contribution < 1.29 is 4.74 Å². The maximum atomic E-state index is 5.73. The van der Waals surface area contributed by atoms with Crippen molar-refractivity contribution in [1.29, 1.82) is 0 Å². The van der Waals surface area contributed by atoms with Gasteiger partial charge in [-0.1, -0.05) is 30.3 Å². The number of hydrogen-bond acceptors (Lipinski definition) is 3. The molecular formula is C19H27ClN2O. The van der Waals surface area contributed by atoms with Crippen LogP contribution < -0.4 is 10.5 Å². The zero-order valence-corrected chi connectivity index (χ0v) is 14.6. The highest BCUT2D eigenvalue weighted by molar-refractivity contribution is 5.91. The summed E-state index contributed by atoms with van der Waals surface area (Å²) in [6.45, 7) is 4.20. The first-order valence-electron chi connectivity index (χ1n) is 8.29. The lowest BCUT2D eigenvalue weighted by Crippen LogP contribution is -2.35. The van der Waals surface area contributed by atoms with Gasteiger partial charge in [0.05, 0.1) is 7.11 Å². The van der Waals surface area contributed by atoms with Crippen molar-refractivity contribution in [2.45, 2.75) is 25.8 Å². The van der Waals surface area contributed by atoms with Gasteiger partial charge in [-0.25, -0.2) is 0 Å². The summed E-state index contributed by atoms with van der Waals surface area (Å²) in [6.07, 6.45) is 3.77. The Hall–Kier alpha value is -1.29. The van der Waals surface area contributed by atoms with E-state index in [1.54, 1.807) is 7.11 Å². The van der Waals surface area contributed by atoms with Gasteiger partial charge in [0.25, 0.3) is 0 Å². The van der Waals surface area contributed by atoms with Gasteiger partial charge in [0, 0.05) is 18.5 Å². The topological polar surface area (TPSA) is 38.5 Å². The number of likely N-dealkylation sites (tertiary alicyclic amines) is 1. The van der Waals surface area contributed by atoms with Gasteiger partial charge >= 0.3 is 0 Å². The number of nitrogens with zero attached hydrogens (tertiary/aromatic N) is 1. The molecule has 1 unspecified atom stereocenters. The number of halogens is 1. The van der Waals surface area contributed by atoms with Gasteiger partial charge in [-0.3, -0.25) is 4.90 Å². The van der Waals surface area contributed by atoms with E-state index < -0.39 is 0 Å². The zero-order chi connectivity index (χ0) is 15.4. The molecule has 23 heavy (non-hydrogen) atoms. The summed E-state index contributed by atoms with van der Waals surface area (Å²) in [6, 6.07) is 12.8. The van der Waals surface area contributed by atoms with Crippen molar-refractivity contribution in [2.24, 2.45) is 11.7 Å². The average Bonchev–Trinajstić information content (AvgIpc) is 2.56. The highest BCUT2D eigenvalue weighted by Gasteiger charge is 2.20. The number of hydrogen-bond donors (Lipinski definition) is 1. The molecule has 0 radical (unpaired) electrons. The predicted molar refractivity (Wildman–Crippen MR) is 99.4 cm³/mol. The van der Waals surface area contributed by atoms with Gasteiger partial charge in [0.2, 0.25) is 0 Å². The molecule has 1 aliphatic heterocycles. The third kappa shape index (κ3) is 4.17. The van der Waals surface area contributed by atoms with Gasteiger partial charge in [-0.15, -0.1) is 12.4 Å². The van der Waals surface area contributed by atoms with Crippen LogP contribution in [0.4, 0.5) is 0 Å². The molecule has 0 bridgehead atoms. The van der Waals surface area contributed by atoms with E-state index in [0.717, 1.165) is 31.2 Å². The molecule has 126 valence electrons. The Bertz CT molecular complexity index is 630. The van der Waals surface area contributed by atoms with E-state index in [4.69, 9.17) is 10.5 Å². The van der Waals surface area contributed by atoms with Crippen LogP contribution in [0, 0.1) is 5.92 Å². The second kappa shape index (κ2) is 8.53. The third-order valence-corrected chi connectivity index (χ3v) is 4.77. The normalized spacial score (nSPS) is 18.6. The molecule has 1 atom stereocenters. The van der Waals surface area contributed by atoms with Crippen LogP contribution in [0.25, 0.3) is 10.8 Å². The highest BCUT2D eigenvalue weighted by Crippen LogP contribution is 2.30. The van der Waals surface area contributed by atoms with Crippen LogP contribution in [-0.4, -0.2) is 31.6 Å². The molecule has 0 saturated carbocycles. The number of piperidine rings is 1. The van der Waals surface area contributed by atoms with Crippen molar-refractivity contribution in [3.63, 3.8) is 0 Å². The molecule has 3 nitrogen and oxygen atoms in total. The third-order valence-electron chi connectivity index (χ3n) is 4.77. The van der Waals surface area contributed by atoms with Crippen LogP contribution in [0.2, 0.25) is 0 Å². The molecule has 1 saturated heterocycles.